The number of ether oxygens (including phenoxy) is 2. The van der Waals surface area contributed by atoms with E-state index in [1.165, 1.54) is 7.11 Å². The molecule has 0 amide bonds. The Kier molecular flexibility index (Phi) is 3.39. The van der Waals surface area contributed by atoms with Crippen LogP contribution in [-0.4, -0.2) is 24.6 Å². The average Bonchev–Trinajstić information content (AvgIpc) is 2.26. The molecule has 18 heavy (non-hydrogen) atoms. The Bertz CT molecular complexity index is 361. The van der Waals surface area contributed by atoms with Crippen LogP contribution in [-0.2, 0) is 19.1 Å². The Morgan fingerprint density at radius 1 is 1.39 bits per heavy atom. The molecule has 1 heterocycles. The van der Waals surface area contributed by atoms with Crippen molar-refractivity contribution in [3.63, 3.8) is 0 Å². The molecule has 1 saturated heterocycles. The van der Waals surface area contributed by atoms with E-state index in [-0.39, 0.29) is 11.8 Å². The lowest BCUT2D eigenvalue weighted by atomic mass is 9.62. The lowest BCUT2D eigenvalue weighted by molar-refractivity contribution is -0.199. The smallest absolute Gasteiger partial charge is 0.321 e. The van der Waals surface area contributed by atoms with Gasteiger partial charge in [0, 0.05) is 5.92 Å². The van der Waals surface area contributed by atoms with E-state index in [4.69, 9.17) is 9.47 Å². The Hall–Kier alpha value is -1.06. The van der Waals surface area contributed by atoms with Gasteiger partial charge in [0.2, 0.25) is 0 Å². The van der Waals surface area contributed by atoms with Crippen molar-refractivity contribution >= 4 is 11.9 Å². The molecule has 4 nitrogen and oxygen atoms in total. The molecule has 0 aromatic rings. The van der Waals surface area contributed by atoms with Crippen LogP contribution in [0.4, 0.5) is 0 Å². The number of carbonyl (C=O) groups excluding carboxylic acids is 2. The first-order valence-electron chi connectivity index (χ1n) is 6.67. The predicted molar refractivity (Wildman–Crippen MR) is 65.7 cm³/mol. The van der Waals surface area contributed by atoms with E-state index in [1.54, 1.807) is 0 Å². The van der Waals surface area contributed by atoms with Crippen molar-refractivity contribution in [2.75, 3.05) is 7.11 Å². The molecule has 0 aromatic heterocycles. The number of methoxy groups -OCH3 is 1. The van der Waals surface area contributed by atoms with Gasteiger partial charge in [-0.2, -0.15) is 0 Å². The van der Waals surface area contributed by atoms with Gasteiger partial charge in [-0.1, -0.05) is 13.3 Å². The largest absolute Gasteiger partial charge is 0.468 e. The second-order valence-corrected chi connectivity index (χ2v) is 6.21. The highest BCUT2D eigenvalue weighted by Gasteiger charge is 2.54. The van der Waals surface area contributed by atoms with E-state index >= 15 is 0 Å². The van der Waals surface area contributed by atoms with Crippen LogP contribution in [0.3, 0.4) is 0 Å². The second kappa shape index (κ2) is 4.56. The average molecular weight is 254 g/mol. The zero-order chi connectivity index (χ0) is 13.5. The Morgan fingerprint density at radius 3 is 2.67 bits per heavy atom. The maximum atomic E-state index is 12.0. The molecule has 4 heteroatoms. The van der Waals surface area contributed by atoms with Crippen LogP contribution >= 0.6 is 0 Å². The monoisotopic (exact) mass is 254 g/mol. The summed E-state index contributed by atoms with van der Waals surface area (Å²) >= 11 is 0. The van der Waals surface area contributed by atoms with Crippen LogP contribution in [0.2, 0.25) is 0 Å². The van der Waals surface area contributed by atoms with Crippen molar-refractivity contribution in [1.29, 1.82) is 0 Å². The van der Waals surface area contributed by atoms with Crippen LogP contribution in [0.1, 0.15) is 40.0 Å². The topological polar surface area (TPSA) is 52.6 Å². The number of hydrogen-bond acceptors (Lipinski definition) is 4. The molecule has 102 valence electrons. The third-order valence-electron chi connectivity index (χ3n) is 4.56. The zero-order valence-corrected chi connectivity index (χ0v) is 11.6. The first-order chi connectivity index (χ1) is 8.36. The molecule has 0 bridgehead atoms. The summed E-state index contributed by atoms with van der Waals surface area (Å²) in [6.45, 7) is 6.08. The van der Waals surface area contributed by atoms with Crippen molar-refractivity contribution in [3.05, 3.63) is 0 Å². The van der Waals surface area contributed by atoms with E-state index in [0.717, 1.165) is 19.3 Å². The summed E-state index contributed by atoms with van der Waals surface area (Å²) in [5.41, 5.74) is -0.466. The highest BCUT2D eigenvalue weighted by Crippen LogP contribution is 2.48. The predicted octanol–water partition coefficient (Wildman–Crippen LogP) is 2.16. The summed E-state index contributed by atoms with van der Waals surface area (Å²) in [5.74, 6) is -0.703. The van der Waals surface area contributed by atoms with E-state index in [2.05, 4.69) is 6.92 Å². The van der Waals surface area contributed by atoms with Gasteiger partial charge in [-0.3, -0.25) is 9.59 Å². The molecule has 0 radical (unpaired) electrons. The van der Waals surface area contributed by atoms with Crippen molar-refractivity contribution < 1.29 is 19.1 Å². The van der Waals surface area contributed by atoms with E-state index in [1.807, 2.05) is 13.8 Å². The second-order valence-electron chi connectivity index (χ2n) is 6.21. The third kappa shape index (κ3) is 2.13. The van der Waals surface area contributed by atoms with Gasteiger partial charge in [-0.05, 0) is 38.5 Å². The molecule has 1 aliphatic heterocycles. The van der Waals surface area contributed by atoms with Crippen LogP contribution in [0.15, 0.2) is 0 Å². The molecule has 0 spiro atoms. The van der Waals surface area contributed by atoms with Gasteiger partial charge in [-0.25, -0.2) is 0 Å². The highest BCUT2D eigenvalue weighted by molar-refractivity contribution is 5.96. The minimum absolute atomic E-state index is 0.0671. The normalized spacial score (nSPS) is 38.6. The number of hydrogen-bond donors (Lipinski definition) is 0. The minimum atomic E-state index is -0.726. The zero-order valence-electron chi connectivity index (χ0n) is 11.6. The molecule has 0 N–H and O–H groups in total. The summed E-state index contributed by atoms with van der Waals surface area (Å²) in [4.78, 5) is 23.9. The summed E-state index contributed by atoms with van der Waals surface area (Å²) < 4.78 is 10.2. The van der Waals surface area contributed by atoms with Crippen LogP contribution in [0.5, 0.6) is 0 Å². The lowest BCUT2D eigenvalue weighted by Gasteiger charge is -2.49. The van der Waals surface area contributed by atoms with Gasteiger partial charge in [0.15, 0.2) is 5.92 Å². The van der Waals surface area contributed by atoms with Gasteiger partial charge in [0.05, 0.1) is 7.11 Å². The molecule has 1 saturated carbocycles. The van der Waals surface area contributed by atoms with Crippen molar-refractivity contribution in [3.8, 4) is 0 Å². The third-order valence-corrected chi connectivity index (χ3v) is 4.56. The molecule has 1 aliphatic carbocycles. The molecule has 2 aliphatic rings. The summed E-state index contributed by atoms with van der Waals surface area (Å²) in [5, 5.41) is 0. The summed E-state index contributed by atoms with van der Waals surface area (Å²) in [6, 6.07) is 0. The van der Waals surface area contributed by atoms with Crippen LogP contribution in [0.25, 0.3) is 0 Å². The maximum absolute atomic E-state index is 12.0. The number of carbonyl (C=O) groups is 2. The highest BCUT2D eigenvalue weighted by atomic mass is 16.6. The summed E-state index contributed by atoms with van der Waals surface area (Å²) in [6.07, 6.45) is 3.05. The van der Waals surface area contributed by atoms with Gasteiger partial charge in [0.1, 0.15) is 5.60 Å². The van der Waals surface area contributed by atoms with Crippen LogP contribution in [0, 0.1) is 23.7 Å². The van der Waals surface area contributed by atoms with Crippen molar-refractivity contribution in [2.45, 2.75) is 45.6 Å². The molecule has 2 rings (SSSR count). The van der Waals surface area contributed by atoms with Gasteiger partial charge in [0.25, 0.3) is 0 Å². The quantitative estimate of drug-likeness (QED) is 0.531. The Labute approximate surface area is 108 Å². The number of esters is 2. The van der Waals surface area contributed by atoms with Crippen molar-refractivity contribution in [2.24, 2.45) is 23.7 Å². The fraction of sp³-hybridized carbons (Fsp3) is 0.857. The fourth-order valence-corrected chi connectivity index (χ4v) is 3.63. The standard InChI is InChI=1S/C14H22O4/c1-8-5-6-10-9(7-8)11(12(15)17-4)13(16)18-14(10,2)3/h8-11H,5-7H2,1-4H3/t8-,9+,10-,11+/m0/s1. The van der Waals surface area contributed by atoms with Gasteiger partial charge >= 0.3 is 11.9 Å². The lowest BCUT2D eigenvalue weighted by Crippen LogP contribution is -2.55. The maximum Gasteiger partial charge on any atom is 0.321 e. The first kappa shape index (κ1) is 13.4. The molecular formula is C14H22O4. The number of cyclic esters (lactones) is 1. The van der Waals surface area contributed by atoms with Gasteiger partial charge < -0.3 is 9.47 Å². The van der Waals surface area contributed by atoms with E-state index in [0.29, 0.717) is 5.92 Å². The molecule has 0 aromatic carbocycles. The Balaban J connectivity index is 2.31. The number of fused-ring (bicyclic) bond motifs is 1. The minimum Gasteiger partial charge on any atom is -0.468 e. The van der Waals surface area contributed by atoms with E-state index in [9.17, 15) is 9.59 Å². The fourth-order valence-electron chi connectivity index (χ4n) is 3.63. The Morgan fingerprint density at radius 2 is 2.06 bits per heavy atom. The van der Waals surface area contributed by atoms with Crippen molar-refractivity contribution in [1.82, 2.24) is 0 Å². The molecular weight excluding hydrogens is 232 g/mol. The van der Waals surface area contributed by atoms with Crippen LogP contribution < -0.4 is 0 Å². The summed E-state index contributed by atoms with van der Waals surface area (Å²) in [7, 11) is 1.33. The molecule has 4 atom stereocenters. The molecule has 0 unspecified atom stereocenters. The number of rotatable bonds is 1. The first-order valence-corrected chi connectivity index (χ1v) is 6.67. The SMILES string of the molecule is COC(=O)[C@@H]1C(=O)OC(C)(C)[C@H]2CC[C@H](C)C[C@@H]12. The van der Waals surface area contributed by atoms with E-state index < -0.39 is 23.5 Å². The molecule has 2 fully saturated rings. The van der Waals surface area contributed by atoms with Gasteiger partial charge in [-0.15, -0.1) is 0 Å².